The number of pyridine rings is 1. The second-order valence-electron chi connectivity index (χ2n) is 6.63. The van der Waals surface area contributed by atoms with Crippen LogP contribution in [-0.4, -0.2) is 30.8 Å². The summed E-state index contributed by atoms with van der Waals surface area (Å²) in [6, 6.07) is 8.92. The van der Waals surface area contributed by atoms with Crippen LogP contribution < -0.4 is 10.2 Å². The van der Waals surface area contributed by atoms with E-state index in [4.69, 9.17) is 21.3 Å². The second kappa shape index (κ2) is 5.83. The Hall–Kier alpha value is -0.890. The number of piperidine rings is 1. The average Bonchev–Trinajstić information content (AvgIpc) is 2.91. The molecule has 0 radical (unpaired) electrons. The van der Waals surface area contributed by atoms with Crippen molar-refractivity contribution in [1.82, 2.24) is 10.3 Å². The van der Waals surface area contributed by atoms with Gasteiger partial charge in [0.25, 0.3) is 0 Å². The molecule has 0 bridgehead atoms. The summed E-state index contributed by atoms with van der Waals surface area (Å²) in [4.78, 5) is 7.33. The van der Waals surface area contributed by atoms with Gasteiger partial charge in [0.2, 0.25) is 0 Å². The number of hydrogen-bond acceptors (Lipinski definition) is 4. The van der Waals surface area contributed by atoms with Crippen molar-refractivity contribution in [2.24, 2.45) is 0 Å². The first-order chi connectivity index (χ1) is 11.7. The predicted octanol–water partition coefficient (Wildman–Crippen LogP) is 3.76. The molecule has 0 saturated carbocycles. The molecular formula is C18H17ClIN3O. The molecule has 1 saturated heterocycles. The molecule has 3 aliphatic heterocycles. The first-order valence-corrected chi connectivity index (χ1v) is 9.72. The highest BCUT2D eigenvalue weighted by Gasteiger charge is 2.43. The van der Waals surface area contributed by atoms with Crippen LogP contribution in [0, 0.1) is 3.57 Å². The molecule has 0 amide bonds. The number of ether oxygens (including phenoxy) is 1. The molecule has 2 aromatic rings. The van der Waals surface area contributed by atoms with Crippen LogP contribution in [0.1, 0.15) is 23.6 Å². The minimum atomic E-state index is 0.513. The summed E-state index contributed by atoms with van der Waals surface area (Å²) in [5, 5.41) is 4.30. The molecule has 0 aliphatic carbocycles. The van der Waals surface area contributed by atoms with E-state index in [9.17, 15) is 0 Å². The van der Waals surface area contributed by atoms with Crippen molar-refractivity contribution < 1.29 is 4.74 Å². The molecule has 4 heterocycles. The summed E-state index contributed by atoms with van der Waals surface area (Å²) in [5.41, 5.74) is 5.73. The molecule has 124 valence electrons. The van der Waals surface area contributed by atoms with Crippen LogP contribution in [0.2, 0.25) is 5.02 Å². The van der Waals surface area contributed by atoms with Gasteiger partial charge in [-0.3, -0.25) is 0 Å². The van der Waals surface area contributed by atoms with Gasteiger partial charge in [-0.1, -0.05) is 17.7 Å². The maximum atomic E-state index is 6.49. The Morgan fingerprint density at radius 2 is 2.25 bits per heavy atom. The van der Waals surface area contributed by atoms with E-state index >= 15 is 0 Å². The maximum absolute atomic E-state index is 6.49. The molecule has 3 aliphatic rings. The maximum Gasteiger partial charge on any atom is 0.119 e. The van der Waals surface area contributed by atoms with Gasteiger partial charge in [-0.25, -0.2) is 4.98 Å². The first kappa shape index (κ1) is 15.4. The Morgan fingerprint density at radius 3 is 3.12 bits per heavy atom. The Balaban J connectivity index is 1.68. The zero-order valence-corrected chi connectivity index (χ0v) is 16.0. The monoisotopic (exact) mass is 453 g/mol. The Morgan fingerprint density at radius 1 is 1.33 bits per heavy atom. The third-order valence-electron chi connectivity index (χ3n) is 5.30. The Kier molecular flexibility index (Phi) is 3.73. The second-order valence-corrected chi connectivity index (χ2v) is 8.28. The molecule has 1 fully saturated rings. The van der Waals surface area contributed by atoms with Gasteiger partial charge in [-0.2, -0.15) is 0 Å². The van der Waals surface area contributed by atoms with E-state index in [0.717, 1.165) is 45.1 Å². The summed E-state index contributed by atoms with van der Waals surface area (Å²) >= 11 is 8.77. The number of fused-ring (bicyclic) bond motifs is 3. The van der Waals surface area contributed by atoms with Gasteiger partial charge in [0.1, 0.15) is 6.73 Å². The molecule has 1 aromatic heterocycles. The fourth-order valence-electron chi connectivity index (χ4n) is 4.26. The minimum absolute atomic E-state index is 0.513. The van der Waals surface area contributed by atoms with Gasteiger partial charge in [-0.15, -0.1) is 0 Å². The number of nitrogens with zero attached hydrogens (tertiary/aromatic N) is 2. The lowest BCUT2D eigenvalue weighted by molar-refractivity contribution is 0.100. The zero-order chi connectivity index (χ0) is 16.3. The molecule has 4 nitrogen and oxygen atoms in total. The van der Waals surface area contributed by atoms with Gasteiger partial charge >= 0.3 is 0 Å². The van der Waals surface area contributed by atoms with Crippen LogP contribution >= 0.6 is 34.2 Å². The fourth-order valence-corrected chi connectivity index (χ4v) is 5.22. The van der Waals surface area contributed by atoms with Crippen molar-refractivity contribution in [3.63, 3.8) is 0 Å². The van der Waals surface area contributed by atoms with E-state index in [1.807, 2.05) is 6.07 Å². The molecule has 6 heteroatoms. The Labute approximate surface area is 159 Å². The molecule has 24 heavy (non-hydrogen) atoms. The largest absolute Gasteiger partial charge is 0.355 e. The van der Waals surface area contributed by atoms with Gasteiger partial charge in [0.05, 0.1) is 28.7 Å². The average molecular weight is 454 g/mol. The summed E-state index contributed by atoms with van der Waals surface area (Å²) in [7, 11) is 0. The van der Waals surface area contributed by atoms with Crippen LogP contribution in [0.5, 0.6) is 0 Å². The lowest BCUT2D eigenvalue weighted by atomic mass is 9.89. The topological polar surface area (TPSA) is 37.4 Å². The van der Waals surface area contributed by atoms with Crippen LogP contribution in [0.3, 0.4) is 0 Å². The molecular weight excluding hydrogens is 437 g/mol. The van der Waals surface area contributed by atoms with Gasteiger partial charge < -0.3 is 15.0 Å². The number of rotatable bonds is 1. The number of benzene rings is 1. The van der Waals surface area contributed by atoms with E-state index in [2.05, 4.69) is 51.0 Å². The first-order valence-electron chi connectivity index (χ1n) is 8.27. The van der Waals surface area contributed by atoms with Crippen LogP contribution in [0.25, 0.3) is 11.3 Å². The van der Waals surface area contributed by atoms with Gasteiger partial charge in [0.15, 0.2) is 0 Å². The quantitative estimate of drug-likeness (QED) is 0.667. The van der Waals surface area contributed by atoms with Crippen molar-refractivity contribution in [1.29, 1.82) is 0 Å². The van der Waals surface area contributed by atoms with Crippen molar-refractivity contribution in [3.8, 4) is 11.3 Å². The minimum Gasteiger partial charge on any atom is -0.355 e. The fraction of sp³-hybridized carbons (Fsp3) is 0.389. The molecule has 2 atom stereocenters. The summed E-state index contributed by atoms with van der Waals surface area (Å²) in [5.74, 6) is 0.513. The van der Waals surface area contributed by atoms with Crippen molar-refractivity contribution in [3.05, 3.63) is 44.1 Å². The molecule has 2 unspecified atom stereocenters. The zero-order valence-electron chi connectivity index (χ0n) is 13.1. The third kappa shape index (κ3) is 2.29. The highest BCUT2D eigenvalue weighted by molar-refractivity contribution is 14.1. The molecule has 0 spiro atoms. The number of anilines is 1. The van der Waals surface area contributed by atoms with Crippen molar-refractivity contribution in [2.45, 2.75) is 25.0 Å². The lowest BCUT2D eigenvalue weighted by Gasteiger charge is -2.35. The highest BCUT2D eigenvalue weighted by atomic mass is 127. The van der Waals surface area contributed by atoms with Crippen LogP contribution in [0.15, 0.2) is 24.3 Å². The number of hydrogen-bond donors (Lipinski definition) is 1. The molecule has 1 aromatic carbocycles. The number of halogens is 2. The van der Waals surface area contributed by atoms with Crippen LogP contribution in [-0.2, 0) is 11.3 Å². The van der Waals surface area contributed by atoms with Crippen molar-refractivity contribution >= 4 is 39.9 Å². The Bertz CT molecular complexity index is 828. The smallest absolute Gasteiger partial charge is 0.119 e. The normalized spacial score (nSPS) is 24.7. The lowest BCUT2D eigenvalue weighted by Crippen LogP contribution is -2.45. The summed E-state index contributed by atoms with van der Waals surface area (Å²) < 4.78 is 6.97. The van der Waals surface area contributed by atoms with E-state index < -0.39 is 0 Å². The van der Waals surface area contributed by atoms with Crippen LogP contribution in [0.4, 0.5) is 5.69 Å². The van der Waals surface area contributed by atoms with Gasteiger partial charge in [0, 0.05) is 27.6 Å². The third-order valence-corrected chi connectivity index (χ3v) is 6.29. The molecule has 5 rings (SSSR count). The highest BCUT2D eigenvalue weighted by Crippen LogP contribution is 2.47. The predicted molar refractivity (Wildman–Crippen MR) is 104 cm³/mol. The van der Waals surface area contributed by atoms with E-state index in [0.29, 0.717) is 25.3 Å². The number of nitrogens with one attached hydrogen (secondary N) is 1. The van der Waals surface area contributed by atoms with E-state index in [-0.39, 0.29) is 0 Å². The standard InChI is InChI=1S/C18H17ClIN3O/c19-14-5-10(20)1-2-11(14)15-6-12-13-7-21-4-3-17(13)23-9-24-8-16(22-15)18(12)23/h1-2,5-6,13,17,21H,3-4,7-9H2. The van der Waals surface area contributed by atoms with Gasteiger partial charge in [-0.05, 0) is 59.3 Å². The molecule has 1 N–H and O–H groups in total. The van der Waals surface area contributed by atoms with Crippen molar-refractivity contribution in [2.75, 3.05) is 24.7 Å². The number of aromatic nitrogens is 1. The summed E-state index contributed by atoms with van der Waals surface area (Å²) in [6.45, 7) is 3.37. The van der Waals surface area contributed by atoms with E-state index in [1.54, 1.807) is 0 Å². The SMILES string of the molecule is Clc1cc(I)ccc1-c1cc2c3c(n1)COCN3C1CCNCC21. The van der Waals surface area contributed by atoms with E-state index in [1.165, 1.54) is 11.3 Å². The summed E-state index contributed by atoms with van der Waals surface area (Å²) in [6.07, 6.45) is 1.15.